The van der Waals surface area contributed by atoms with Crippen molar-refractivity contribution in [3.8, 4) is 6.07 Å². The van der Waals surface area contributed by atoms with Crippen molar-refractivity contribution in [2.45, 2.75) is 33.3 Å². The molecule has 0 spiro atoms. The Balaban J connectivity index is 2.91. The molecule has 6 heteroatoms. The van der Waals surface area contributed by atoms with E-state index in [1.54, 1.807) is 59.0 Å². The number of esters is 1. The van der Waals surface area contributed by atoms with Gasteiger partial charge in [0.2, 0.25) is 0 Å². The maximum absolute atomic E-state index is 12.0. The summed E-state index contributed by atoms with van der Waals surface area (Å²) in [5.74, 6) is -0.657. The largest absolute Gasteiger partial charge is 0.462 e. The van der Waals surface area contributed by atoms with Crippen LogP contribution in [0.3, 0.4) is 0 Å². The number of nitrogens with zero attached hydrogens (tertiary/aromatic N) is 2. The fraction of sp³-hybridized carbons (Fsp3) is 0.389. The molecule has 0 heterocycles. The summed E-state index contributed by atoms with van der Waals surface area (Å²) in [7, 11) is 1.61. The van der Waals surface area contributed by atoms with Crippen molar-refractivity contribution in [2.24, 2.45) is 0 Å². The van der Waals surface area contributed by atoms with Crippen molar-refractivity contribution in [3.05, 3.63) is 35.4 Å². The molecule has 0 aromatic heterocycles. The number of carbonyl (C=O) groups excluding carboxylic acids is 2. The van der Waals surface area contributed by atoms with Crippen molar-refractivity contribution in [2.75, 3.05) is 18.6 Å². The number of carbonyl (C=O) groups is 2. The van der Waals surface area contributed by atoms with Gasteiger partial charge in [-0.15, -0.1) is 0 Å². The predicted octanol–water partition coefficient (Wildman–Crippen LogP) is 3.53. The molecular weight excluding hydrogens is 308 g/mol. The zero-order chi connectivity index (χ0) is 18.3. The lowest BCUT2D eigenvalue weighted by atomic mass is 10.1. The predicted molar refractivity (Wildman–Crippen MR) is 91.3 cm³/mol. The second kappa shape index (κ2) is 8.16. The summed E-state index contributed by atoms with van der Waals surface area (Å²) in [5, 5.41) is 9.02. The van der Waals surface area contributed by atoms with Crippen LogP contribution in [0.15, 0.2) is 29.8 Å². The van der Waals surface area contributed by atoms with E-state index in [0.29, 0.717) is 11.3 Å². The highest BCUT2D eigenvalue weighted by Gasteiger charge is 2.20. The molecule has 0 radical (unpaired) electrons. The van der Waals surface area contributed by atoms with Gasteiger partial charge in [-0.05, 0) is 51.5 Å². The van der Waals surface area contributed by atoms with E-state index in [2.05, 4.69) is 0 Å². The van der Waals surface area contributed by atoms with Gasteiger partial charge in [-0.1, -0.05) is 12.1 Å². The van der Waals surface area contributed by atoms with Crippen LogP contribution in [0.2, 0.25) is 0 Å². The average molecular weight is 330 g/mol. The highest BCUT2D eigenvalue weighted by molar-refractivity contribution is 5.98. The summed E-state index contributed by atoms with van der Waals surface area (Å²) >= 11 is 0. The van der Waals surface area contributed by atoms with Crippen LogP contribution >= 0.6 is 0 Å². The Morgan fingerprint density at radius 3 is 2.29 bits per heavy atom. The Kier molecular flexibility index (Phi) is 6.54. The van der Waals surface area contributed by atoms with Crippen molar-refractivity contribution < 1.29 is 19.1 Å². The molecule has 6 nitrogen and oxygen atoms in total. The normalized spacial score (nSPS) is 11.4. The average Bonchev–Trinajstić information content (AvgIpc) is 2.51. The maximum Gasteiger partial charge on any atom is 0.414 e. The van der Waals surface area contributed by atoms with E-state index in [0.717, 1.165) is 0 Å². The van der Waals surface area contributed by atoms with E-state index >= 15 is 0 Å². The molecule has 1 amide bonds. The molecule has 0 unspecified atom stereocenters. The number of ether oxygens (including phenoxy) is 2. The molecule has 1 aromatic carbocycles. The number of nitriles is 1. The van der Waals surface area contributed by atoms with E-state index in [1.165, 1.54) is 11.0 Å². The summed E-state index contributed by atoms with van der Waals surface area (Å²) in [6, 6.07) is 8.63. The third-order valence-corrected chi connectivity index (χ3v) is 2.87. The fourth-order valence-electron chi connectivity index (χ4n) is 1.74. The van der Waals surface area contributed by atoms with Crippen molar-refractivity contribution in [3.63, 3.8) is 0 Å². The summed E-state index contributed by atoms with van der Waals surface area (Å²) in [6.45, 7) is 7.27. The highest BCUT2D eigenvalue weighted by Crippen LogP contribution is 2.19. The third kappa shape index (κ3) is 5.76. The molecular formula is C18H22N2O4. The first-order chi connectivity index (χ1) is 11.2. The minimum atomic E-state index is -0.657. The molecule has 0 saturated carbocycles. The van der Waals surface area contributed by atoms with Gasteiger partial charge in [0.25, 0.3) is 0 Å². The quantitative estimate of drug-likeness (QED) is 0.479. The Morgan fingerprint density at radius 1 is 1.25 bits per heavy atom. The van der Waals surface area contributed by atoms with E-state index in [9.17, 15) is 9.59 Å². The van der Waals surface area contributed by atoms with Gasteiger partial charge in [0.05, 0.1) is 6.61 Å². The maximum atomic E-state index is 12.0. The van der Waals surface area contributed by atoms with Crippen LogP contribution in [0.5, 0.6) is 0 Å². The molecule has 128 valence electrons. The Bertz CT molecular complexity index is 664. The molecule has 0 bridgehead atoms. The lowest BCUT2D eigenvalue weighted by molar-refractivity contribution is -0.137. The second-order valence-electron chi connectivity index (χ2n) is 6.02. The van der Waals surface area contributed by atoms with E-state index in [1.807, 2.05) is 6.07 Å². The van der Waals surface area contributed by atoms with Gasteiger partial charge in [0, 0.05) is 12.7 Å². The first-order valence-electron chi connectivity index (χ1n) is 7.53. The van der Waals surface area contributed by atoms with Crippen LogP contribution in [0.4, 0.5) is 10.5 Å². The number of anilines is 1. The van der Waals surface area contributed by atoms with Crippen LogP contribution in [-0.2, 0) is 14.3 Å². The molecule has 1 rings (SSSR count). The molecule has 0 aliphatic heterocycles. The smallest absolute Gasteiger partial charge is 0.414 e. The van der Waals surface area contributed by atoms with Crippen LogP contribution in [0, 0.1) is 11.3 Å². The van der Waals surface area contributed by atoms with Gasteiger partial charge in [0.15, 0.2) is 0 Å². The first kappa shape index (κ1) is 19.2. The lowest BCUT2D eigenvalue weighted by Crippen LogP contribution is -2.34. The van der Waals surface area contributed by atoms with Crippen LogP contribution in [0.1, 0.15) is 33.3 Å². The van der Waals surface area contributed by atoms with E-state index < -0.39 is 17.7 Å². The molecule has 0 aliphatic rings. The molecule has 0 saturated heterocycles. The Hall–Kier alpha value is -2.81. The van der Waals surface area contributed by atoms with Crippen molar-refractivity contribution in [1.82, 2.24) is 0 Å². The van der Waals surface area contributed by atoms with Gasteiger partial charge < -0.3 is 9.47 Å². The topological polar surface area (TPSA) is 79.6 Å². The molecule has 0 aliphatic carbocycles. The van der Waals surface area contributed by atoms with Gasteiger partial charge in [0.1, 0.15) is 17.2 Å². The summed E-state index contributed by atoms with van der Waals surface area (Å²) < 4.78 is 10.1. The van der Waals surface area contributed by atoms with Crippen LogP contribution in [-0.4, -0.2) is 31.3 Å². The van der Waals surface area contributed by atoms with E-state index in [4.69, 9.17) is 14.7 Å². The summed E-state index contributed by atoms with van der Waals surface area (Å²) in [5.41, 5.74) is 0.636. The summed E-state index contributed by atoms with van der Waals surface area (Å²) in [6.07, 6.45) is 0.977. The van der Waals surface area contributed by atoms with Crippen LogP contribution < -0.4 is 4.90 Å². The zero-order valence-electron chi connectivity index (χ0n) is 14.6. The minimum Gasteiger partial charge on any atom is -0.462 e. The summed E-state index contributed by atoms with van der Waals surface area (Å²) in [4.78, 5) is 25.0. The van der Waals surface area contributed by atoms with Gasteiger partial charge >= 0.3 is 12.1 Å². The van der Waals surface area contributed by atoms with Crippen molar-refractivity contribution in [1.29, 1.82) is 5.26 Å². The van der Waals surface area contributed by atoms with Crippen molar-refractivity contribution >= 4 is 23.8 Å². The van der Waals surface area contributed by atoms with Gasteiger partial charge in [-0.25, -0.2) is 9.59 Å². The Morgan fingerprint density at radius 2 is 1.83 bits per heavy atom. The van der Waals surface area contributed by atoms with Gasteiger partial charge in [-0.3, -0.25) is 4.90 Å². The number of rotatable bonds is 4. The monoisotopic (exact) mass is 330 g/mol. The number of amides is 1. The Labute approximate surface area is 142 Å². The highest BCUT2D eigenvalue weighted by atomic mass is 16.6. The van der Waals surface area contributed by atoms with E-state index in [-0.39, 0.29) is 12.2 Å². The second-order valence-corrected chi connectivity index (χ2v) is 6.02. The lowest BCUT2D eigenvalue weighted by Gasteiger charge is -2.24. The number of hydrogen-bond acceptors (Lipinski definition) is 5. The zero-order valence-corrected chi connectivity index (χ0v) is 14.6. The molecule has 0 fully saturated rings. The molecule has 24 heavy (non-hydrogen) atoms. The standard InChI is InChI=1S/C18H22N2O4/c1-6-23-16(21)14(12-19)11-13-7-9-15(10-8-13)20(5)17(22)24-18(2,3)4/h7-11H,6H2,1-5H3/b14-11-. The molecule has 1 aromatic rings. The molecule has 0 atom stereocenters. The first-order valence-corrected chi connectivity index (χ1v) is 7.53. The molecule has 0 N–H and O–H groups in total. The third-order valence-electron chi connectivity index (χ3n) is 2.87. The SMILES string of the molecule is CCOC(=O)/C(C#N)=C\c1ccc(N(C)C(=O)OC(C)(C)C)cc1. The van der Waals surface area contributed by atoms with Crippen LogP contribution in [0.25, 0.3) is 6.08 Å². The fourth-order valence-corrected chi connectivity index (χ4v) is 1.74. The number of benzene rings is 1. The van der Waals surface area contributed by atoms with Gasteiger partial charge in [-0.2, -0.15) is 5.26 Å². The number of hydrogen-bond donors (Lipinski definition) is 0. The minimum absolute atomic E-state index is 0.0786.